The van der Waals surface area contributed by atoms with Gasteiger partial charge < -0.3 is 19.5 Å². The Morgan fingerprint density at radius 3 is 2.29 bits per heavy atom. The van der Waals surface area contributed by atoms with Crippen molar-refractivity contribution in [3.63, 3.8) is 0 Å². The summed E-state index contributed by atoms with van der Waals surface area (Å²) in [5, 5.41) is 10.4. The fourth-order valence-electron chi connectivity index (χ4n) is 2.17. The molecular weight excluding hydrogens is 222 g/mol. The first kappa shape index (κ1) is 14.0. The molecule has 3 atom stereocenters. The molecule has 0 aromatic heterocycles. The molecular formula is C12H20NO4-. The SMILES string of the molecule is C[C@@H](CC(=O)[O-])CC(=O)N1C[C@H](C)O[C@@H](C)C1. The fourth-order valence-corrected chi connectivity index (χ4v) is 2.17. The van der Waals surface area contributed by atoms with Gasteiger partial charge in [-0.05, 0) is 26.2 Å². The van der Waals surface area contributed by atoms with Crippen LogP contribution in [-0.4, -0.2) is 42.1 Å². The highest BCUT2D eigenvalue weighted by atomic mass is 16.5. The number of carboxylic acids is 1. The summed E-state index contributed by atoms with van der Waals surface area (Å²) < 4.78 is 5.54. The lowest BCUT2D eigenvalue weighted by Crippen LogP contribution is -2.48. The third-order valence-corrected chi connectivity index (χ3v) is 2.81. The molecule has 1 aliphatic rings. The first-order chi connectivity index (χ1) is 7.88. The Kier molecular flexibility index (Phi) is 4.93. The third kappa shape index (κ3) is 4.73. The highest BCUT2D eigenvalue weighted by Gasteiger charge is 2.26. The lowest BCUT2D eigenvalue weighted by molar-refractivity contribution is -0.306. The molecule has 1 rings (SSSR count). The number of nitrogens with zero attached hydrogens (tertiary/aromatic N) is 1. The summed E-state index contributed by atoms with van der Waals surface area (Å²) in [4.78, 5) is 24.1. The van der Waals surface area contributed by atoms with E-state index in [-0.39, 0.29) is 36.9 Å². The molecule has 1 saturated heterocycles. The average Bonchev–Trinajstić information content (AvgIpc) is 2.14. The molecule has 0 bridgehead atoms. The quantitative estimate of drug-likeness (QED) is 0.684. The smallest absolute Gasteiger partial charge is 0.223 e. The van der Waals surface area contributed by atoms with E-state index in [9.17, 15) is 14.7 Å². The van der Waals surface area contributed by atoms with E-state index in [2.05, 4.69) is 0 Å². The lowest BCUT2D eigenvalue weighted by atomic mass is 10.0. The van der Waals surface area contributed by atoms with Crippen LogP contribution in [0.15, 0.2) is 0 Å². The van der Waals surface area contributed by atoms with E-state index in [1.54, 1.807) is 11.8 Å². The number of hydrogen-bond acceptors (Lipinski definition) is 4. The van der Waals surface area contributed by atoms with Crippen LogP contribution in [0.1, 0.15) is 33.6 Å². The minimum absolute atomic E-state index is 0.000694. The van der Waals surface area contributed by atoms with Crippen molar-refractivity contribution in [3.05, 3.63) is 0 Å². The average molecular weight is 242 g/mol. The topological polar surface area (TPSA) is 69.7 Å². The molecule has 0 aromatic carbocycles. The summed E-state index contributed by atoms with van der Waals surface area (Å²) in [7, 11) is 0. The molecule has 0 radical (unpaired) electrons. The monoisotopic (exact) mass is 242 g/mol. The number of ether oxygens (including phenoxy) is 1. The summed E-state index contributed by atoms with van der Waals surface area (Å²) >= 11 is 0. The van der Waals surface area contributed by atoms with Crippen LogP contribution in [0.2, 0.25) is 0 Å². The number of hydrogen-bond donors (Lipinski definition) is 0. The highest BCUT2D eigenvalue weighted by Crippen LogP contribution is 2.15. The van der Waals surface area contributed by atoms with Crippen LogP contribution >= 0.6 is 0 Å². The van der Waals surface area contributed by atoms with Gasteiger partial charge in [0, 0.05) is 25.5 Å². The number of carbonyl (C=O) groups is 2. The van der Waals surface area contributed by atoms with Gasteiger partial charge in [0.1, 0.15) is 0 Å². The minimum atomic E-state index is -1.10. The molecule has 0 unspecified atom stereocenters. The Hall–Kier alpha value is -1.10. The zero-order valence-electron chi connectivity index (χ0n) is 10.6. The predicted molar refractivity (Wildman–Crippen MR) is 60.0 cm³/mol. The van der Waals surface area contributed by atoms with Crippen LogP contribution < -0.4 is 5.11 Å². The molecule has 0 aromatic rings. The van der Waals surface area contributed by atoms with Crippen molar-refractivity contribution in [1.82, 2.24) is 4.90 Å². The molecule has 0 spiro atoms. The molecule has 1 aliphatic heterocycles. The van der Waals surface area contributed by atoms with Crippen LogP contribution in [0.25, 0.3) is 0 Å². The van der Waals surface area contributed by atoms with Gasteiger partial charge in [-0.25, -0.2) is 0 Å². The minimum Gasteiger partial charge on any atom is -0.550 e. The van der Waals surface area contributed by atoms with Crippen LogP contribution in [0.3, 0.4) is 0 Å². The first-order valence-corrected chi connectivity index (χ1v) is 6.01. The zero-order valence-corrected chi connectivity index (χ0v) is 10.6. The second-order valence-corrected chi connectivity index (χ2v) is 4.94. The zero-order chi connectivity index (χ0) is 13.0. The van der Waals surface area contributed by atoms with Crippen molar-refractivity contribution >= 4 is 11.9 Å². The predicted octanol–water partition coefficient (Wildman–Crippen LogP) is -0.212. The number of aliphatic carboxylic acids is 1. The Morgan fingerprint density at radius 2 is 1.82 bits per heavy atom. The van der Waals surface area contributed by atoms with E-state index in [4.69, 9.17) is 4.74 Å². The molecule has 0 saturated carbocycles. The number of rotatable bonds is 4. The fraction of sp³-hybridized carbons (Fsp3) is 0.833. The third-order valence-electron chi connectivity index (χ3n) is 2.81. The van der Waals surface area contributed by atoms with Crippen molar-refractivity contribution in [1.29, 1.82) is 0 Å². The van der Waals surface area contributed by atoms with Crippen molar-refractivity contribution in [2.75, 3.05) is 13.1 Å². The summed E-state index contributed by atoms with van der Waals surface area (Å²) in [6.07, 6.45) is 0.271. The van der Waals surface area contributed by atoms with Gasteiger partial charge >= 0.3 is 0 Å². The number of amides is 1. The molecule has 98 valence electrons. The van der Waals surface area contributed by atoms with E-state index in [1.165, 1.54) is 0 Å². The highest BCUT2D eigenvalue weighted by molar-refractivity contribution is 5.77. The van der Waals surface area contributed by atoms with Gasteiger partial charge in [-0.1, -0.05) is 6.92 Å². The Morgan fingerprint density at radius 1 is 1.29 bits per heavy atom. The van der Waals surface area contributed by atoms with E-state index in [1.807, 2.05) is 13.8 Å². The van der Waals surface area contributed by atoms with Gasteiger partial charge in [-0.3, -0.25) is 4.79 Å². The van der Waals surface area contributed by atoms with Gasteiger partial charge in [-0.15, -0.1) is 0 Å². The molecule has 5 heteroatoms. The van der Waals surface area contributed by atoms with Crippen LogP contribution in [0, 0.1) is 5.92 Å². The van der Waals surface area contributed by atoms with E-state index in [0.717, 1.165) is 0 Å². The molecule has 1 amide bonds. The second kappa shape index (κ2) is 6.00. The van der Waals surface area contributed by atoms with Crippen LogP contribution in [0.4, 0.5) is 0 Å². The lowest BCUT2D eigenvalue weighted by Gasteiger charge is -2.35. The molecule has 0 N–H and O–H groups in total. The van der Waals surface area contributed by atoms with Crippen molar-refractivity contribution < 1.29 is 19.4 Å². The van der Waals surface area contributed by atoms with Crippen molar-refractivity contribution in [2.45, 2.75) is 45.8 Å². The largest absolute Gasteiger partial charge is 0.550 e. The van der Waals surface area contributed by atoms with Gasteiger partial charge in [0.25, 0.3) is 0 Å². The van der Waals surface area contributed by atoms with Crippen LogP contribution in [0.5, 0.6) is 0 Å². The normalized spacial score (nSPS) is 26.6. The number of morpholine rings is 1. The van der Waals surface area contributed by atoms with Gasteiger partial charge in [0.2, 0.25) is 5.91 Å². The first-order valence-electron chi connectivity index (χ1n) is 6.01. The molecule has 1 fully saturated rings. The molecule has 5 nitrogen and oxygen atoms in total. The molecule has 17 heavy (non-hydrogen) atoms. The Bertz CT molecular complexity index is 282. The Labute approximate surface area is 102 Å². The molecule has 0 aliphatic carbocycles. The van der Waals surface area contributed by atoms with Gasteiger partial charge in [0.15, 0.2) is 0 Å². The van der Waals surface area contributed by atoms with Gasteiger partial charge in [0.05, 0.1) is 12.2 Å². The van der Waals surface area contributed by atoms with Crippen molar-refractivity contribution in [3.8, 4) is 0 Å². The number of carbonyl (C=O) groups excluding carboxylic acids is 2. The van der Waals surface area contributed by atoms with E-state index < -0.39 is 5.97 Å². The standard InChI is InChI=1S/C12H21NO4/c1-8(5-12(15)16)4-11(14)13-6-9(2)17-10(3)7-13/h8-10H,4-7H2,1-3H3,(H,15,16)/p-1/t8-,9+,10+/m1/s1. The van der Waals surface area contributed by atoms with E-state index >= 15 is 0 Å². The summed E-state index contributed by atoms with van der Waals surface area (Å²) in [6.45, 7) is 6.78. The summed E-state index contributed by atoms with van der Waals surface area (Å²) in [6, 6.07) is 0. The Balaban J connectivity index is 2.43. The second-order valence-electron chi connectivity index (χ2n) is 4.94. The summed E-state index contributed by atoms with van der Waals surface area (Å²) in [5.74, 6) is -1.28. The maximum atomic E-state index is 11.9. The van der Waals surface area contributed by atoms with E-state index in [0.29, 0.717) is 13.1 Å². The molecule has 1 heterocycles. The maximum absolute atomic E-state index is 11.9. The van der Waals surface area contributed by atoms with Crippen LogP contribution in [-0.2, 0) is 14.3 Å². The number of carboxylic acid groups (broad SMARTS) is 1. The maximum Gasteiger partial charge on any atom is 0.223 e. The van der Waals surface area contributed by atoms with Crippen molar-refractivity contribution in [2.24, 2.45) is 5.92 Å². The van der Waals surface area contributed by atoms with Gasteiger partial charge in [-0.2, -0.15) is 0 Å². The summed E-state index contributed by atoms with van der Waals surface area (Å²) in [5.41, 5.74) is 0.